The van der Waals surface area contributed by atoms with E-state index in [0.29, 0.717) is 6.54 Å². The van der Waals surface area contributed by atoms with Crippen molar-refractivity contribution in [1.29, 1.82) is 0 Å². The molecule has 0 aliphatic carbocycles. The van der Waals surface area contributed by atoms with Gasteiger partial charge >= 0.3 is 0 Å². The molecule has 0 bridgehead atoms. The minimum atomic E-state index is 0. The molecule has 1 heterocycles. The Morgan fingerprint density at radius 3 is 2.68 bits per heavy atom. The van der Waals surface area contributed by atoms with Crippen molar-refractivity contribution >= 4 is 24.0 Å². The van der Waals surface area contributed by atoms with E-state index >= 15 is 0 Å². The van der Waals surface area contributed by atoms with E-state index in [1.807, 2.05) is 18.2 Å². The van der Waals surface area contributed by atoms with Gasteiger partial charge in [-0.25, -0.2) is 0 Å². The molecule has 1 aromatic carbocycles. The number of nitrogens with one attached hydrogen (secondary N) is 2. The zero-order valence-electron chi connectivity index (χ0n) is 11.3. The number of anilines is 1. The molecule has 1 saturated heterocycles. The molecule has 1 aliphatic heterocycles. The van der Waals surface area contributed by atoms with Crippen molar-refractivity contribution in [3.8, 4) is 0 Å². The first kappa shape index (κ1) is 16.0. The lowest BCUT2D eigenvalue weighted by Gasteiger charge is -2.26. The third kappa shape index (κ3) is 4.82. The average Bonchev–Trinajstić information content (AvgIpc) is 2.40. The van der Waals surface area contributed by atoms with E-state index in [0.717, 1.165) is 38.3 Å². The highest BCUT2D eigenvalue weighted by atomic mass is 35.5. The van der Waals surface area contributed by atoms with Crippen molar-refractivity contribution in [2.45, 2.75) is 13.3 Å². The van der Waals surface area contributed by atoms with Gasteiger partial charge in [-0.05, 0) is 18.1 Å². The van der Waals surface area contributed by atoms with E-state index in [9.17, 15) is 4.79 Å². The van der Waals surface area contributed by atoms with Crippen LogP contribution in [0, 0.1) is 0 Å². The van der Waals surface area contributed by atoms with Gasteiger partial charge in [-0.15, -0.1) is 12.4 Å². The molecule has 1 aliphatic rings. The second-order valence-electron chi connectivity index (χ2n) is 4.59. The van der Waals surface area contributed by atoms with Crippen LogP contribution in [0.5, 0.6) is 0 Å². The van der Waals surface area contributed by atoms with Gasteiger partial charge in [-0.1, -0.05) is 25.1 Å². The summed E-state index contributed by atoms with van der Waals surface area (Å²) < 4.78 is 0. The first-order valence-corrected chi connectivity index (χ1v) is 6.60. The van der Waals surface area contributed by atoms with Crippen LogP contribution in [0.2, 0.25) is 0 Å². The van der Waals surface area contributed by atoms with E-state index < -0.39 is 0 Å². The third-order valence-electron chi connectivity index (χ3n) is 3.25. The van der Waals surface area contributed by atoms with E-state index in [1.165, 1.54) is 5.56 Å². The number of hydrogen-bond acceptors (Lipinski definition) is 3. The normalized spacial score (nSPS) is 15.6. The molecule has 19 heavy (non-hydrogen) atoms. The molecule has 0 saturated carbocycles. The second kappa shape index (κ2) is 8.15. The van der Waals surface area contributed by atoms with Crippen LogP contribution in [-0.4, -0.2) is 43.5 Å². The standard InChI is InChI=1S/C14H21N3O.ClH/c1-2-12-5-3-4-6-13(12)16-14(18)11-17-9-7-15-8-10-17;/h3-6,15H,2,7-11H2,1H3,(H,16,18);1H. The maximum atomic E-state index is 12.0. The molecule has 0 unspecified atom stereocenters. The number of rotatable bonds is 4. The predicted octanol–water partition coefficient (Wildman–Crippen LogP) is 1.51. The number of aryl methyl sites for hydroxylation is 1. The topological polar surface area (TPSA) is 44.4 Å². The van der Waals surface area contributed by atoms with Crippen LogP contribution in [-0.2, 0) is 11.2 Å². The van der Waals surface area contributed by atoms with Gasteiger partial charge in [-0.2, -0.15) is 0 Å². The molecule has 1 fully saturated rings. The largest absolute Gasteiger partial charge is 0.325 e. The molecule has 0 radical (unpaired) electrons. The summed E-state index contributed by atoms with van der Waals surface area (Å²) in [4.78, 5) is 14.2. The van der Waals surface area contributed by atoms with Crippen LogP contribution in [0.4, 0.5) is 5.69 Å². The Morgan fingerprint density at radius 1 is 1.32 bits per heavy atom. The quantitative estimate of drug-likeness (QED) is 0.881. The molecule has 0 atom stereocenters. The van der Waals surface area contributed by atoms with Crippen LogP contribution < -0.4 is 10.6 Å². The van der Waals surface area contributed by atoms with Gasteiger partial charge in [0, 0.05) is 31.9 Å². The molecule has 2 rings (SSSR count). The van der Waals surface area contributed by atoms with Gasteiger partial charge < -0.3 is 10.6 Å². The van der Waals surface area contributed by atoms with Crippen molar-refractivity contribution in [3.63, 3.8) is 0 Å². The summed E-state index contributed by atoms with van der Waals surface area (Å²) in [7, 11) is 0. The number of nitrogens with zero attached hydrogens (tertiary/aromatic N) is 1. The van der Waals surface area contributed by atoms with Gasteiger partial charge in [0.15, 0.2) is 0 Å². The van der Waals surface area contributed by atoms with Gasteiger partial charge in [-0.3, -0.25) is 9.69 Å². The van der Waals surface area contributed by atoms with Crippen LogP contribution in [0.1, 0.15) is 12.5 Å². The molecule has 2 N–H and O–H groups in total. The molecule has 0 spiro atoms. The van der Waals surface area contributed by atoms with Crippen molar-refractivity contribution in [3.05, 3.63) is 29.8 Å². The fourth-order valence-corrected chi connectivity index (χ4v) is 2.21. The number of para-hydroxylation sites is 1. The van der Waals surface area contributed by atoms with E-state index in [4.69, 9.17) is 0 Å². The number of piperazine rings is 1. The minimum absolute atomic E-state index is 0. The van der Waals surface area contributed by atoms with Gasteiger partial charge in [0.2, 0.25) is 5.91 Å². The second-order valence-corrected chi connectivity index (χ2v) is 4.59. The molecule has 5 heteroatoms. The summed E-state index contributed by atoms with van der Waals surface area (Å²) in [5.41, 5.74) is 2.13. The maximum Gasteiger partial charge on any atom is 0.238 e. The lowest BCUT2D eigenvalue weighted by Crippen LogP contribution is -2.46. The highest BCUT2D eigenvalue weighted by Crippen LogP contribution is 2.15. The van der Waals surface area contributed by atoms with E-state index in [1.54, 1.807) is 0 Å². The summed E-state index contributed by atoms with van der Waals surface area (Å²) in [6, 6.07) is 7.99. The summed E-state index contributed by atoms with van der Waals surface area (Å²) in [6.07, 6.45) is 0.935. The number of halogens is 1. The first-order chi connectivity index (χ1) is 8.79. The Balaban J connectivity index is 0.00000180. The molecular formula is C14H22ClN3O. The van der Waals surface area contributed by atoms with Crippen molar-refractivity contribution in [2.75, 3.05) is 38.0 Å². The highest BCUT2D eigenvalue weighted by molar-refractivity contribution is 5.93. The van der Waals surface area contributed by atoms with Crippen molar-refractivity contribution in [1.82, 2.24) is 10.2 Å². The fraction of sp³-hybridized carbons (Fsp3) is 0.500. The Bertz CT molecular complexity index is 405. The summed E-state index contributed by atoms with van der Waals surface area (Å²) in [5.74, 6) is 0.0813. The Hall–Kier alpha value is -1.10. The SMILES string of the molecule is CCc1ccccc1NC(=O)CN1CCNCC1.Cl. The smallest absolute Gasteiger partial charge is 0.238 e. The van der Waals surface area contributed by atoms with E-state index in [2.05, 4.69) is 28.5 Å². The van der Waals surface area contributed by atoms with Crippen LogP contribution in [0.15, 0.2) is 24.3 Å². The molecule has 106 valence electrons. The van der Waals surface area contributed by atoms with Crippen molar-refractivity contribution < 1.29 is 4.79 Å². The number of carbonyl (C=O) groups is 1. The number of amides is 1. The number of hydrogen-bond donors (Lipinski definition) is 2. The van der Waals surface area contributed by atoms with Crippen molar-refractivity contribution in [2.24, 2.45) is 0 Å². The first-order valence-electron chi connectivity index (χ1n) is 6.60. The third-order valence-corrected chi connectivity index (χ3v) is 3.25. The van der Waals surface area contributed by atoms with E-state index in [-0.39, 0.29) is 18.3 Å². The van der Waals surface area contributed by atoms with Crippen LogP contribution in [0.25, 0.3) is 0 Å². The van der Waals surface area contributed by atoms with Gasteiger partial charge in [0.1, 0.15) is 0 Å². The number of benzene rings is 1. The van der Waals surface area contributed by atoms with Gasteiger partial charge in [0.05, 0.1) is 6.54 Å². The Morgan fingerprint density at radius 2 is 2.00 bits per heavy atom. The summed E-state index contributed by atoms with van der Waals surface area (Å²) in [5, 5.41) is 6.29. The highest BCUT2D eigenvalue weighted by Gasteiger charge is 2.13. The zero-order valence-corrected chi connectivity index (χ0v) is 12.1. The number of carbonyl (C=O) groups excluding carboxylic acids is 1. The Labute approximate surface area is 121 Å². The molecule has 1 amide bonds. The monoisotopic (exact) mass is 283 g/mol. The van der Waals surface area contributed by atoms with Gasteiger partial charge in [0.25, 0.3) is 0 Å². The fourth-order valence-electron chi connectivity index (χ4n) is 2.21. The lowest BCUT2D eigenvalue weighted by molar-refractivity contribution is -0.117. The lowest BCUT2D eigenvalue weighted by atomic mass is 10.1. The van der Waals surface area contributed by atoms with Crippen LogP contribution in [0.3, 0.4) is 0 Å². The molecule has 1 aromatic rings. The summed E-state index contributed by atoms with van der Waals surface area (Å²) in [6.45, 7) is 6.42. The molecule has 0 aromatic heterocycles. The zero-order chi connectivity index (χ0) is 12.8. The van der Waals surface area contributed by atoms with Crippen LogP contribution >= 0.6 is 12.4 Å². The maximum absolute atomic E-state index is 12.0. The Kier molecular flexibility index (Phi) is 6.84. The minimum Gasteiger partial charge on any atom is -0.325 e. The molecule has 4 nitrogen and oxygen atoms in total. The predicted molar refractivity (Wildman–Crippen MR) is 81.0 cm³/mol. The average molecular weight is 284 g/mol. The molecular weight excluding hydrogens is 262 g/mol. The summed E-state index contributed by atoms with van der Waals surface area (Å²) >= 11 is 0.